The second-order valence-electron chi connectivity index (χ2n) is 5.62. The van der Waals surface area contributed by atoms with Crippen molar-refractivity contribution in [2.75, 3.05) is 0 Å². The molecule has 2 aromatic rings. The van der Waals surface area contributed by atoms with E-state index in [0.29, 0.717) is 10.6 Å². The van der Waals surface area contributed by atoms with Crippen LogP contribution in [-0.2, 0) is 0 Å². The average Bonchev–Trinajstić information content (AvgIpc) is 3.04. The van der Waals surface area contributed by atoms with Crippen LogP contribution in [0.3, 0.4) is 0 Å². The van der Waals surface area contributed by atoms with Crippen molar-refractivity contribution in [1.29, 1.82) is 0 Å². The minimum atomic E-state index is -0.152. The Morgan fingerprint density at radius 3 is 2.59 bits per heavy atom. The summed E-state index contributed by atoms with van der Waals surface area (Å²) in [6.45, 7) is 0. The molecule has 1 aliphatic carbocycles. The fourth-order valence-electron chi connectivity index (χ4n) is 2.71. The number of halogens is 1. The lowest BCUT2D eigenvalue weighted by Crippen LogP contribution is -2.40. The summed E-state index contributed by atoms with van der Waals surface area (Å²) < 4.78 is 1.73. The van der Waals surface area contributed by atoms with E-state index in [9.17, 15) is 4.79 Å². The first-order valence-corrected chi connectivity index (χ1v) is 7.72. The standard InChI is InChI=1S/C15H18ClN5O/c16-14-6-5-12(21-8-18-19-9-21)7-13(14)15(22)20-11-3-1-10(17)2-4-11/h5-11H,1-4,17H2,(H,20,22)/t10-,11-. The molecule has 116 valence electrons. The molecular weight excluding hydrogens is 302 g/mol. The van der Waals surface area contributed by atoms with E-state index in [4.69, 9.17) is 17.3 Å². The number of hydrogen-bond donors (Lipinski definition) is 2. The fourth-order valence-corrected chi connectivity index (χ4v) is 2.91. The van der Waals surface area contributed by atoms with Gasteiger partial charge in [-0.1, -0.05) is 11.6 Å². The molecule has 6 nitrogen and oxygen atoms in total. The van der Waals surface area contributed by atoms with Crippen LogP contribution < -0.4 is 11.1 Å². The van der Waals surface area contributed by atoms with Crippen LogP contribution in [0, 0.1) is 0 Å². The first-order chi connectivity index (χ1) is 10.6. The molecule has 3 N–H and O–H groups in total. The normalized spacial score (nSPS) is 21.5. The highest BCUT2D eigenvalue weighted by atomic mass is 35.5. The Bertz CT molecular complexity index is 650. The van der Waals surface area contributed by atoms with Crippen LogP contribution in [-0.4, -0.2) is 32.8 Å². The summed E-state index contributed by atoms with van der Waals surface area (Å²) in [7, 11) is 0. The average molecular weight is 320 g/mol. The molecule has 0 bridgehead atoms. The van der Waals surface area contributed by atoms with Gasteiger partial charge in [-0.05, 0) is 43.9 Å². The molecular formula is C15H18ClN5O. The maximum absolute atomic E-state index is 12.5. The van der Waals surface area contributed by atoms with Gasteiger partial charge in [-0.25, -0.2) is 0 Å². The molecule has 1 aliphatic rings. The number of nitrogens with zero attached hydrogens (tertiary/aromatic N) is 3. The third-order valence-corrected chi connectivity index (χ3v) is 4.35. The van der Waals surface area contributed by atoms with Crippen LogP contribution in [0.25, 0.3) is 5.69 Å². The number of benzene rings is 1. The molecule has 1 heterocycles. The summed E-state index contributed by atoms with van der Waals surface area (Å²) in [6.07, 6.45) is 6.87. The molecule has 1 aromatic carbocycles. The van der Waals surface area contributed by atoms with E-state index in [1.807, 2.05) is 6.07 Å². The number of nitrogens with two attached hydrogens (primary N) is 1. The molecule has 7 heteroatoms. The van der Waals surface area contributed by atoms with Crippen LogP contribution in [0.5, 0.6) is 0 Å². The van der Waals surface area contributed by atoms with Crippen molar-refractivity contribution in [1.82, 2.24) is 20.1 Å². The quantitative estimate of drug-likeness (QED) is 0.905. The maximum atomic E-state index is 12.5. The van der Waals surface area contributed by atoms with Crippen LogP contribution in [0.15, 0.2) is 30.9 Å². The SMILES string of the molecule is N[C@H]1CC[C@H](NC(=O)c2cc(-n3cnnc3)ccc2Cl)CC1. The molecule has 1 fully saturated rings. The van der Waals surface area contributed by atoms with E-state index in [2.05, 4.69) is 15.5 Å². The molecule has 0 spiro atoms. The zero-order valence-corrected chi connectivity index (χ0v) is 12.8. The maximum Gasteiger partial charge on any atom is 0.253 e. The summed E-state index contributed by atoms with van der Waals surface area (Å²) in [6, 6.07) is 5.70. The first kappa shape index (κ1) is 15.0. The van der Waals surface area contributed by atoms with Crippen LogP contribution >= 0.6 is 11.6 Å². The molecule has 22 heavy (non-hydrogen) atoms. The van der Waals surface area contributed by atoms with Crippen molar-refractivity contribution in [3.8, 4) is 5.69 Å². The Labute approximate surface area is 133 Å². The molecule has 3 rings (SSSR count). The van der Waals surface area contributed by atoms with Crippen LogP contribution in [0.2, 0.25) is 5.02 Å². The molecule has 0 radical (unpaired) electrons. The predicted octanol–water partition coefficient (Wildman–Crippen LogP) is 1.92. The molecule has 0 saturated heterocycles. The van der Waals surface area contributed by atoms with Gasteiger partial charge in [-0.2, -0.15) is 0 Å². The van der Waals surface area contributed by atoms with Crippen molar-refractivity contribution in [3.63, 3.8) is 0 Å². The first-order valence-electron chi connectivity index (χ1n) is 7.34. The summed E-state index contributed by atoms with van der Waals surface area (Å²) in [5.41, 5.74) is 7.15. The molecule has 1 saturated carbocycles. The smallest absolute Gasteiger partial charge is 0.253 e. The largest absolute Gasteiger partial charge is 0.349 e. The van der Waals surface area contributed by atoms with Gasteiger partial charge in [0, 0.05) is 17.8 Å². The Morgan fingerprint density at radius 2 is 1.91 bits per heavy atom. The minimum Gasteiger partial charge on any atom is -0.349 e. The van der Waals surface area contributed by atoms with E-state index in [1.165, 1.54) is 0 Å². The summed E-state index contributed by atoms with van der Waals surface area (Å²) in [4.78, 5) is 12.5. The number of nitrogens with one attached hydrogen (secondary N) is 1. The molecule has 0 unspecified atom stereocenters. The highest BCUT2D eigenvalue weighted by molar-refractivity contribution is 6.33. The van der Waals surface area contributed by atoms with E-state index in [0.717, 1.165) is 31.4 Å². The second-order valence-corrected chi connectivity index (χ2v) is 6.03. The summed E-state index contributed by atoms with van der Waals surface area (Å²) in [5, 5.41) is 11.0. The monoisotopic (exact) mass is 319 g/mol. The van der Waals surface area contributed by atoms with Gasteiger partial charge >= 0.3 is 0 Å². The number of hydrogen-bond acceptors (Lipinski definition) is 4. The Kier molecular flexibility index (Phi) is 4.40. The van der Waals surface area contributed by atoms with Gasteiger partial charge in [-0.15, -0.1) is 10.2 Å². The van der Waals surface area contributed by atoms with Gasteiger partial charge in [0.15, 0.2) is 0 Å². The Hall–Kier alpha value is -1.92. The molecule has 0 aliphatic heterocycles. The Morgan fingerprint density at radius 1 is 1.23 bits per heavy atom. The van der Waals surface area contributed by atoms with E-state index < -0.39 is 0 Å². The van der Waals surface area contributed by atoms with Gasteiger partial charge in [0.05, 0.1) is 10.6 Å². The zero-order chi connectivity index (χ0) is 15.5. The minimum absolute atomic E-state index is 0.152. The predicted molar refractivity (Wildman–Crippen MR) is 84.1 cm³/mol. The third-order valence-electron chi connectivity index (χ3n) is 4.02. The van der Waals surface area contributed by atoms with Gasteiger partial charge in [0.1, 0.15) is 12.7 Å². The topological polar surface area (TPSA) is 85.8 Å². The van der Waals surface area contributed by atoms with E-state index in [1.54, 1.807) is 29.4 Å². The highest BCUT2D eigenvalue weighted by Gasteiger charge is 2.21. The molecule has 0 atom stereocenters. The lowest BCUT2D eigenvalue weighted by molar-refractivity contribution is 0.0926. The molecule has 1 amide bonds. The summed E-state index contributed by atoms with van der Waals surface area (Å²) in [5.74, 6) is -0.152. The van der Waals surface area contributed by atoms with Gasteiger partial charge in [0.2, 0.25) is 0 Å². The van der Waals surface area contributed by atoms with E-state index in [-0.39, 0.29) is 18.0 Å². The van der Waals surface area contributed by atoms with Crippen molar-refractivity contribution < 1.29 is 4.79 Å². The zero-order valence-electron chi connectivity index (χ0n) is 12.1. The highest BCUT2D eigenvalue weighted by Crippen LogP contribution is 2.22. The number of carbonyl (C=O) groups is 1. The van der Waals surface area contributed by atoms with Crippen molar-refractivity contribution in [2.45, 2.75) is 37.8 Å². The Balaban J connectivity index is 1.75. The van der Waals surface area contributed by atoms with Crippen molar-refractivity contribution >= 4 is 17.5 Å². The van der Waals surface area contributed by atoms with Gasteiger partial charge < -0.3 is 11.1 Å². The van der Waals surface area contributed by atoms with Gasteiger partial charge in [-0.3, -0.25) is 9.36 Å². The number of amides is 1. The fraction of sp³-hybridized carbons (Fsp3) is 0.400. The number of aromatic nitrogens is 3. The number of carbonyl (C=O) groups excluding carboxylic acids is 1. The van der Waals surface area contributed by atoms with Crippen LogP contribution in [0.1, 0.15) is 36.0 Å². The lowest BCUT2D eigenvalue weighted by Gasteiger charge is -2.27. The number of rotatable bonds is 3. The van der Waals surface area contributed by atoms with Crippen LogP contribution in [0.4, 0.5) is 0 Å². The lowest BCUT2D eigenvalue weighted by atomic mass is 9.91. The summed E-state index contributed by atoms with van der Waals surface area (Å²) >= 11 is 6.17. The third kappa shape index (κ3) is 3.28. The van der Waals surface area contributed by atoms with Gasteiger partial charge in [0.25, 0.3) is 5.91 Å². The molecule has 1 aromatic heterocycles. The van der Waals surface area contributed by atoms with Crippen molar-refractivity contribution in [2.24, 2.45) is 5.73 Å². The second kappa shape index (κ2) is 6.46. The van der Waals surface area contributed by atoms with E-state index >= 15 is 0 Å². The van der Waals surface area contributed by atoms with Crippen molar-refractivity contribution in [3.05, 3.63) is 41.4 Å².